The molecule has 1 saturated heterocycles. The molecule has 1 fully saturated rings. The largest absolute Gasteiger partial charge is 0.422 e. The van der Waals surface area contributed by atoms with Gasteiger partial charge in [-0.05, 0) is 35.6 Å². The second kappa shape index (κ2) is 6.07. The molecule has 2 aliphatic heterocycles. The molecular formula is C20H18N2O3S. The molecule has 26 heavy (non-hydrogen) atoms. The van der Waals surface area contributed by atoms with Gasteiger partial charge in [-0.15, -0.1) is 11.3 Å². The van der Waals surface area contributed by atoms with Crippen LogP contribution in [0.15, 0.2) is 51.0 Å². The van der Waals surface area contributed by atoms with E-state index in [1.807, 2.05) is 29.5 Å². The molecule has 132 valence electrons. The van der Waals surface area contributed by atoms with E-state index in [9.17, 15) is 9.59 Å². The van der Waals surface area contributed by atoms with Gasteiger partial charge < -0.3 is 9.32 Å². The second-order valence-corrected chi connectivity index (χ2v) is 7.94. The lowest BCUT2D eigenvalue weighted by Crippen LogP contribution is -2.61. The van der Waals surface area contributed by atoms with Gasteiger partial charge in [0.1, 0.15) is 11.1 Å². The molecule has 1 aromatic carbocycles. The molecule has 1 amide bonds. The number of amides is 1. The number of rotatable bonds is 2. The van der Waals surface area contributed by atoms with Crippen molar-refractivity contribution in [1.82, 2.24) is 9.80 Å². The van der Waals surface area contributed by atoms with Crippen LogP contribution in [0.3, 0.4) is 0 Å². The molecule has 5 rings (SSSR count). The third kappa shape index (κ3) is 2.57. The number of benzene rings is 1. The van der Waals surface area contributed by atoms with Crippen LogP contribution < -0.4 is 5.63 Å². The zero-order valence-electron chi connectivity index (χ0n) is 14.2. The van der Waals surface area contributed by atoms with Crippen LogP contribution in [0.1, 0.15) is 20.8 Å². The standard InChI is InChI=1S/C20H18N2O3S/c23-19(16-9-13-3-1-2-4-17(13)25-20(16)24)22-11-15(12-22)21-7-5-18-14(10-21)6-8-26-18/h1-4,6,8-9,15H,5,7,10-12H2. The van der Waals surface area contributed by atoms with Gasteiger partial charge in [0.2, 0.25) is 0 Å². The molecule has 0 radical (unpaired) electrons. The van der Waals surface area contributed by atoms with Crippen molar-refractivity contribution in [2.24, 2.45) is 0 Å². The van der Waals surface area contributed by atoms with Gasteiger partial charge >= 0.3 is 5.63 Å². The first kappa shape index (κ1) is 15.8. The Hall–Kier alpha value is -2.44. The minimum absolute atomic E-state index is 0.126. The number of carbonyl (C=O) groups is 1. The summed E-state index contributed by atoms with van der Waals surface area (Å²) in [7, 11) is 0. The van der Waals surface area contributed by atoms with Crippen LogP contribution in [-0.2, 0) is 13.0 Å². The third-order valence-corrected chi connectivity index (χ3v) is 6.40. The molecule has 2 aliphatic rings. The molecule has 0 atom stereocenters. The maximum Gasteiger partial charge on any atom is 0.349 e. The van der Waals surface area contributed by atoms with Crippen LogP contribution in [0, 0.1) is 0 Å². The summed E-state index contributed by atoms with van der Waals surface area (Å²) in [6, 6.07) is 11.5. The summed E-state index contributed by atoms with van der Waals surface area (Å²) in [6.07, 6.45) is 1.09. The summed E-state index contributed by atoms with van der Waals surface area (Å²) in [5.74, 6) is -0.228. The summed E-state index contributed by atoms with van der Waals surface area (Å²) in [5, 5.41) is 2.93. The molecule has 4 heterocycles. The van der Waals surface area contributed by atoms with E-state index in [2.05, 4.69) is 16.3 Å². The van der Waals surface area contributed by atoms with E-state index in [1.54, 1.807) is 17.0 Å². The van der Waals surface area contributed by atoms with Gasteiger partial charge in [0.15, 0.2) is 0 Å². The minimum atomic E-state index is -0.557. The average Bonchev–Trinajstić information content (AvgIpc) is 3.07. The van der Waals surface area contributed by atoms with Gasteiger partial charge in [-0.2, -0.15) is 0 Å². The predicted molar refractivity (Wildman–Crippen MR) is 101 cm³/mol. The first-order valence-corrected chi connectivity index (χ1v) is 9.68. The number of carbonyl (C=O) groups excluding carboxylic acids is 1. The summed E-state index contributed by atoms with van der Waals surface area (Å²) >= 11 is 1.83. The zero-order valence-corrected chi connectivity index (χ0v) is 15.0. The Balaban J connectivity index is 1.30. The van der Waals surface area contributed by atoms with Crippen LogP contribution >= 0.6 is 11.3 Å². The first-order valence-electron chi connectivity index (χ1n) is 8.80. The molecule has 0 bridgehead atoms. The van der Waals surface area contributed by atoms with Crippen LogP contribution in [0.4, 0.5) is 0 Å². The Morgan fingerprint density at radius 3 is 2.92 bits per heavy atom. The molecule has 2 aromatic heterocycles. The molecular weight excluding hydrogens is 348 g/mol. The van der Waals surface area contributed by atoms with Gasteiger partial charge in [-0.25, -0.2) is 4.79 Å². The Bertz CT molecular complexity index is 1050. The van der Waals surface area contributed by atoms with Crippen molar-refractivity contribution in [3.8, 4) is 0 Å². The maximum absolute atomic E-state index is 12.7. The van der Waals surface area contributed by atoms with E-state index >= 15 is 0 Å². The minimum Gasteiger partial charge on any atom is -0.422 e. The van der Waals surface area contributed by atoms with Gasteiger partial charge in [0.25, 0.3) is 5.91 Å². The Kier molecular flexibility index (Phi) is 3.69. The topological polar surface area (TPSA) is 53.8 Å². The predicted octanol–water partition coefficient (Wildman–Crippen LogP) is 2.74. The molecule has 3 aromatic rings. The summed E-state index contributed by atoms with van der Waals surface area (Å²) in [6.45, 7) is 3.34. The number of hydrogen-bond donors (Lipinski definition) is 0. The van der Waals surface area contributed by atoms with Crippen LogP contribution in [0.2, 0.25) is 0 Å². The highest BCUT2D eigenvalue weighted by atomic mass is 32.1. The summed E-state index contributed by atoms with van der Waals surface area (Å²) < 4.78 is 5.29. The molecule has 0 unspecified atom stereocenters. The number of fused-ring (bicyclic) bond motifs is 2. The Morgan fingerprint density at radius 1 is 1.19 bits per heavy atom. The van der Waals surface area contributed by atoms with Gasteiger partial charge in [-0.1, -0.05) is 18.2 Å². The number of hydrogen-bond acceptors (Lipinski definition) is 5. The fourth-order valence-electron chi connectivity index (χ4n) is 3.82. The molecule has 0 aliphatic carbocycles. The molecule has 5 nitrogen and oxygen atoms in total. The molecule has 0 spiro atoms. The van der Waals surface area contributed by atoms with E-state index in [4.69, 9.17) is 4.42 Å². The van der Waals surface area contributed by atoms with E-state index in [-0.39, 0.29) is 11.5 Å². The van der Waals surface area contributed by atoms with E-state index in [0.29, 0.717) is 24.7 Å². The first-order chi connectivity index (χ1) is 12.7. The van der Waals surface area contributed by atoms with Crippen LogP contribution in [0.5, 0.6) is 0 Å². The zero-order chi connectivity index (χ0) is 17.7. The fourth-order valence-corrected chi connectivity index (χ4v) is 4.71. The maximum atomic E-state index is 12.7. The van der Waals surface area contributed by atoms with Crippen molar-refractivity contribution in [2.45, 2.75) is 19.0 Å². The number of nitrogens with zero attached hydrogens (tertiary/aromatic N) is 2. The lowest BCUT2D eigenvalue weighted by Gasteiger charge is -2.46. The number of para-hydroxylation sites is 1. The van der Waals surface area contributed by atoms with Crippen LogP contribution in [-0.4, -0.2) is 41.4 Å². The fraction of sp³-hybridized carbons (Fsp3) is 0.300. The van der Waals surface area contributed by atoms with Crippen molar-refractivity contribution in [1.29, 1.82) is 0 Å². The average molecular weight is 366 g/mol. The third-order valence-electron chi connectivity index (χ3n) is 5.37. The highest BCUT2D eigenvalue weighted by Gasteiger charge is 2.37. The van der Waals surface area contributed by atoms with E-state index in [1.165, 1.54) is 10.4 Å². The molecule has 0 N–H and O–H groups in total. The smallest absolute Gasteiger partial charge is 0.349 e. The van der Waals surface area contributed by atoms with Crippen molar-refractivity contribution in [3.05, 3.63) is 68.2 Å². The van der Waals surface area contributed by atoms with Gasteiger partial charge in [0, 0.05) is 42.5 Å². The van der Waals surface area contributed by atoms with Crippen molar-refractivity contribution < 1.29 is 9.21 Å². The summed E-state index contributed by atoms with van der Waals surface area (Å²) in [4.78, 5) is 30.6. The lowest BCUT2D eigenvalue weighted by molar-refractivity contribution is 0.0218. The Labute approximate surface area is 154 Å². The van der Waals surface area contributed by atoms with Gasteiger partial charge in [0.05, 0.1) is 0 Å². The normalized spacial score (nSPS) is 17.9. The highest BCUT2D eigenvalue weighted by Crippen LogP contribution is 2.28. The quantitative estimate of drug-likeness (QED) is 0.655. The van der Waals surface area contributed by atoms with Gasteiger partial charge in [-0.3, -0.25) is 9.69 Å². The van der Waals surface area contributed by atoms with Crippen molar-refractivity contribution in [2.75, 3.05) is 19.6 Å². The lowest BCUT2D eigenvalue weighted by atomic mass is 10.0. The van der Waals surface area contributed by atoms with Crippen molar-refractivity contribution in [3.63, 3.8) is 0 Å². The monoisotopic (exact) mass is 366 g/mol. The van der Waals surface area contributed by atoms with Crippen LogP contribution in [0.25, 0.3) is 11.0 Å². The van der Waals surface area contributed by atoms with E-state index in [0.717, 1.165) is 24.9 Å². The Morgan fingerprint density at radius 2 is 2.04 bits per heavy atom. The SMILES string of the molecule is O=C(c1cc2ccccc2oc1=O)N1CC(N2CCc3sccc3C2)C1. The second-order valence-electron chi connectivity index (χ2n) is 6.94. The summed E-state index contributed by atoms with van der Waals surface area (Å²) in [5.41, 5.74) is 1.50. The number of thiophene rings is 1. The molecule has 6 heteroatoms. The number of likely N-dealkylation sites (tertiary alicyclic amines) is 1. The molecule has 0 saturated carbocycles. The van der Waals surface area contributed by atoms with E-state index < -0.39 is 5.63 Å². The van der Waals surface area contributed by atoms with Crippen molar-refractivity contribution >= 4 is 28.2 Å². The highest BCUT2D eigenvalue weighted by molar-refractivity contribution is 7.10.